The molecule has 2 aromatic rings. The third-order valence-corrected chi connectivity index (χ3v) is 3.41. The second-order valence-electron chi connectivity index (χ2n) is 4.48. The van der Waals surface area contributed by atoms with Gasteiger partial charge < -0.3 is 14.8 Å². The van der Waals surface area contributed by atoms with Gasteiger partial charge in [-0.25, -0.2) is 9.97 Å². The Kier molecular flexibility index (Phi) is 3.60. The fraction of sp³-hybridized carbons (Fsp3) is 0.286. The number of anilines is 2. The first kappa shape index (κ1) is 13.0. The first-order valence-corrected chi connectivity index (χ1v) is 6.75. The van der Waals surface area contributed by atoms with Crippen molar-refractivity contribution in [2.75, 3.05) is 18.5 Å². The zero-order valence-corrected chi connectivity index (χ0v) is 11.8. The molecule has 104 valence electrons. The number of halogens is 1. The zero-order valence-electron chi connectivity index (χ0n) is 11.0. The van der Waals surface area contributed by atoms with Crippen LogP contribution in [0.4, 0.5) is 11.5 Å². The highest BCUT2D eigenvalue weighted by molar-refractivity contribution is 6.30. The monoisotopic (exact) mass is 291 g/mol. The first-order valence-electron chi connectivity index (χ1n) is 6.38. The van der Waals surface area contributed by atoms with Crippen LogP contribution in [0, 0.1) is 6.92 Å². The lowest BCUT2D eigenvalue weighted by Crippen LogP contribution is -1.99. The summed E-state index contributed by atoms with van der Waals surface area (Å²) in [7, 11) is 0. The fourth-order valence-electron chi connectivity index (χ4n) is 1.93. The summed E-state index contributed by atoms with van der Waals surface area (Å²) in [6.45, 7) is 3.21. The van der Waals surface area contributed by atoms with Gasteiger partial charge in [-0.3, -0.25) is 0 Å². The molecular weight excluding hydrogens is 278 g/mol. The molecule has 1 aromatic carbocycles. The number of benzene rings is 1. The third kappa shape index (κ3) is 2.63. The van der Waals surface area contributed by atoms with Gasteiger partial charge in [-0.15, -0.1) is 0 Å². The Balaban J connectivity index is 1.88. The molecule has 0 atom stereocenters. The van der Waals surface area contributed by atoms with E-state index in [4.69, 9.17) is 21.1 Å². The topological polar surface area (TPSA) is 56.3 Å². The van der Waals surface area contributed by atoms with E-state index in [0.717, 1.165) is 29.2 Å². The van der Waals surface area contributed by atoms with Gasteiger partial charge in [-0.2, -0.15) is 0 Å². The summed E-state index contributed by atoms with van der Waals surface area (Å²) in [5, 5.41) is 3.65. The van der Waals surface area contributed by atoms with E-state index in [1.165, 1.54) is 6.33 Å². The molecule has 3 rings (SSSR count). The van der Waals surface area contributed by atoms with Crippen molar-refractivity contribution in [1.82, 2.24) is 9.97 Å². The number of ether oxygens (including phenoxy) is 2. The summed E-state index contributed by atoms with van der Waals surface area (Å²) in [4.78, 5) is 8.12. The lowest BCUT2D eigenvalue weighted by molar-refractivity contribution is 0.297. The minimum Gasteiger partial charge on any atom is -0.490 e. The van der Waals surface area contributed by atoms with Crippen LogP contribution in [0.3, 0.4) is 0 Å². The van der Waals surface area contributed by atoms with Gasteiger partial charge in [0.1, 0.15) is 17.3 Å². The largest absolute Gasteiger partial charge is 0.490 e. The predicted octanol–water partition coefficient (Wildman–Crippen LogP) is 3.34. The maximum absolute atomic E-state index is 5.98. The lowest BCUT2D eigenvalue weighted by atomic mass is 10.2. The van der Waals surface area contributed by atoms with Gasteiger partial charge in [0.15, 0.2) is 11.5 Å². The Labute approximate surface area is 121 Å². The van der Waals surface area contributed by atoms with Crippen LogP contribution in [0.15, 0.2) is 24.5 Å². The van der Waals surface area contributed by atoms with Crippen LogP contribution in [0.1, 0.15) is 12.0 Å². The molecule has 20 heavy (non-hydrogen) atoms. The van der Waals surface area contributed by atoms with Gasteiger partial charge in [0.2, 0.25) is 0 Å². The summed E-state index contributed by atoms with van der Waals surface area (Å²) in [6.07, 6.45) is 2.32. The lowest BCUT2D eigenvalue weighted by Gasteiger charge is -2.12. The van der Waals surface area contributed by atoms with E-state index in [1.54, 1.807) is 0 Å². The zero-order chi connectivity index (χ0) is 13.9. The Morgan fingerprint density at radius 1 is 1.15 bits per heavy atom. The van der Waals surface area contributed by atoms with Crippen molar-refractivity contribution < 1.29 is 9.47 Å². The van der Waals surface area contributed by atoms with Crippen molar-refractivity contribution in [3.63, 3.8) is 0 Å². The maximum Gasteiger partial charge on any atom is 0.163 e. The van der Waals surface area contributed by atoms with E-state index < -0.39 is 0 Å². The van der Waals surface area contributed by atoms with Crippen LogP contribution < -0.4 is 14.8 Å². The molecule has 0 saturated heterocycles. The SMILES string of the molecule is Cc1c(Cl)ncnc1Nc1ccc2c(c1)OCCCO2. The van der Waals surface area contributed by atoms with Crippen molar-refractivity contribution in [3.8, 4) is 11.5 Å². The molecule has 1 N–H and O–H groups in total. The Morgan fingerprint density at radius 2 is 1.95 bits per heavy atom. The van der Waals surface area contributed by atoms with Crippen molar-refractivity contribution >= 4 is 23.1 Å². The molecule has 0 bridgehead atoms. The van der Waals surface area contributed by atoms with Gasteiger partial charge >= 0.3 is 0 Å². The number of hydrogen-bond acceptors (Lipinski definition) is 5. The highest BCUT2D eigenvalue weighted by Gasteiger charge is 2.12. The minimum absolute atomic E-state index is 0.442. The smallest absolute Gasteiger partial charge is 0.163 e. The van der Waals surface area contributed by atoms with Gasteiger partial charge in [0.25, 0.3) is 0 Å². The number of nitrogens with zero attached hydrogens (tertiary/aromatic N) is 2. The molecule has 6 heteroatoms. The van der Waals surface area contributed by atoms with Crippen LogP contribution in [-0.4, -0.2) is 23.2 Å². The Hall–Kier alpha value is -2.01. The molecule has 0 radical (unpaired) electrons. The summed E-state index contributed by atoms with van der Waals surface area (Å²) < 4.78 is 11.3. The molecule has 1 aliphatic heterocycles. The van der Waals surface area contributed by atoms with E-state index in [0.29, 0.717) is 24.2 Å². The van der Waals surface area contributed by atoms with Crippen LogP contribution in [0.25, 0.3) is 0 Å². The van der Waals surface area contributed by atoms with Gasteiger partial charge in [-0.1, -0.05) is 11.6 Å². The van der Waals surface area contributed by atoms with Crippen molar-refractivity contribution in [1.29, 1.82) is 0 Å². The molecule has 0 spiro atoms. The van der Waals surface area contributed by atoms with Crippen molar-refractivity contribution in [3.05, 3.63) is 35.2 Å². The molecule has 0 aliphatic carbocycles. The van der Waals surface area contributed by atoms with Crippen molar-refractivity contribution in [2.24, 2.45) is 0 Å². The van der Waals surface area contributed by atoms with Crippen molar-refractivity contribution in [2.45, 2.75) is 13.3 Å². The molecule has 0 saturated carbocycles. The van der Waals surface area contributed by atoms with Crippen LogP contribution in [0.2, 0.25) is 5.15 Å². The third-order valence-electron chi connectivity index (χ3n) is 3.03. The molecule has 2 heterocycles. The number of aromatic nitrogens is 2. The van der Waals surface area contributed by atoms with E-state index in [9.17, 15) is 0 Å². The van der Waals surface area contributed by atoms with Crippen LogP contribution >= 0.6 is 11.6 Å². The summed E-state index contributed by atoms with van der Waals surface area (Å²) >= 11 is 5.98. The summed E-state index contributed by atoms with van der Waals surface area (Å²) in [5.74, 6) is 2.19. The van der Waals surface area contributed by atoms with E-state index in [-0.39, 0.29) is 0 Å². The van der Waals surface area contributed by atoms with Gasteiger partial charge in [0.05, 0.1) is 13.2 Å². The van der Waals surface area contributed by atoms with Crippen LogP contribution in [0.5, 0.6) is 11.5 Å². The maximum atomic E-state index is 5.98. The Morgan fingerprint density at radius 3 is 2.80 bits per heavy atom. The van der Waals surface area contributed by atoms with E-state index in [2.05, 4.69) is 15.3 Å². The van der Waals surface area contributed by atoms with Gasteiger partial charge in [0, 0.05) is 23.7 Å². The molecular formula is C14H14ClN3O2. The first-order chi connectivity index (χ1) is 9.74. The fourth-order valence-corrected chi connectivity index (χ4v) is 2.07. The second-order valence-corrected chi connectivity index (χ2v) is 4.83. The number of fused-ring (bicyclic) bond motifs is 1. The summed E-state index contributed by atoms with van der Waals surface area (Å²) in [5.41, 5.74) is 1.67. The van der Waals surface area contributed by atoms with E-state index >= 15 is 0 Å². The molecule has 0 amide bonds. The molecule has 0 fully saturated rings. The normalized spacial score (nSPS) is 13.7. The highest BCUT2D eigenvalue weighted by Crippen LogP contribution is 2.33. The minimum atomic E-state index is 0.442. The predicted molar refractivity (Wildman–Crippen MR) is 77.1 cm³/mol. The van der Waals surface area contributed by atoms with E-state index in [1.807, 2.05) is 25.1 Å². The van der Waals surface area contributed by atoms with Crippen LogP contribution in [-0.2, 0) is 0 Å². The Bertz CT molecular complexity index is 634. The molecule has 5 nitrogen and oxygen atoms in total. The van der Waals surface area contributed by atoms with Gasteiger partial charge in [-0.05, 0) is 19.1 Å². The number of rotatable bonds is 2. The molecule has 1 aromatic heterocycles. The second kappa shape index (κ2) is 5.54. The number of nitrogens with one attached hydrogen (secondary N) is 1. The average Bonchev–Trinajstić information content (AvgIpc) is 2.69. The molecule has 1 aliphatic rings. The highest BCUT2D eigenvalue weighted by atomic mass is 35.5. The standard InChI is InChI=1S/C14H14ClN3O2/c1-9-13(15)16-8-17-14(9)18-10-3-4-11-12(7-10)20-6-2-5-19-11/h3-4,7-8H,2,5-6H2,1H3,(H,16,17,18). The molecule has 0 unspecified atom stereocenters. The quantitative estimate of drug-likeness (QED) is 0.860. The summed E-state index contributed by atoms with van der Waals surface area (Å²) in [6, 6.07) is 5.71. The number of hydrogen-bond donors (Lipinski definition) is 1. The average molecular weight is 292 g/mol.